The number of fused-ring (bicyclic) bond motifs is 2. The van der Waals surface area contributed by atoms with E-state index < -0.39 is 0 Å². The number of aromatic nitrogens is 3. The Morgan fingerprint density at radius 2 is 1.85 bits per heavy atom. The lowest BCUT2D eigenvalue weighted by Gasteiger charge is -2.44. The predicted molar refractivity (Wildman–Crippen MR) is 127 cm³/mol. The molecule has 0 N–H and O–H groups in total. The molecule has 0 aliphatic carbocycles. The van der Waals surface area contributed by atoms with Crippen molar-refractivity contribution in [2.75, 3.05) is 26.2 Å². The van der Waals surface area contributed by atoms with Crippen LogP contribution < -0.4 is 0 Å². The highest BCUT2D eigenvalue weighted by Gasteiger charge is 2.42. The molecule has 7 nitrogen and oxygen atoms in total. The Hall–Kier alpha value is -2.64. The first-order valence-corrected chi connectivity index (χ1v) is 12.3. The number of rotatable bonds is 3. The number of likely N-dealkylation sites (tertiary alicyclic amines) is 2. The first kappa shape index (κ1) is 20.9. The molecule has 3 aromatic rings. The summed E-state index contributed by atoms with van der Waals surface area (Å²) in [6.07, 6.45) is 7.33. The lowest BCUT2D eigenvalue weighted by Crippen LogP contribution is -2.49. The van der Waals surface area contributed by atoms with Gasteiger partial charge in [-0.25, -0.2) is 0 Å². The Bertz CT molecular complexity index is 1190. The van der Waals surface area contributed by atoms with E-state index in [0.717, 1.165) is 70.4 Å². The van der Waals surface area contributed by atoms with Crippen molar-refractivity contribution >= 4 is 16.8 Å². The standard InChI is InChI=1S/C26H33N5O2/c1-28-16-19(20-7-3-4-8-22(20)28)17-30-13-9-26(10-14-30)15-23-21(18-33-26)24(27-29(23)2)25(32)31-11-5-6-12-31/h3-4,7-8,16H,5-6,9-15,17-18H2,1-2H3. The molecule has 0 unspecified atom stereocenters. The number of aryl methyl sites for hydroxylation is 2. The van der Waals surface area contributed by atoms with Gasteiger partial charge in [0.1, 0.15) is 0 Å². The third kappa shape index (κ3) is 3.58. The molecule has 7 heteroatoms. The number of hydrogen-bond acceptors (Lipinski definition) is 4. The number of ether oxygens (including phenoxy) is 1. The molecule has 1 aromatic carbocycles. The van der Waals surface area contributed by atoms with Gasteiger partial charge in [0.25, 0.3) is 5.91 Å². The summed E-state index contributed by atoms with van der Waals surface area (Å²) in [5.74, 6) is 0.0776. The highest BCUT2D eigenvalue weighted by atomic mass is 16.5. The second kappa shape index (κ2) is 7.99. The number of carbonyl (C=O) groups excluding carboxylic acids is 1. The second-order valence-corrected chi connectivity index (χ2v) is 10.1. The van der Waals surface area contributed by atoms with E-state index in [2.05, 4.69) is 52.1 Å². The zero-order valence-corrected chi connectivity index (χ0v) is 19.7. The van der Waals surface area contributed by atoms with Gasteiger partial charge in [0, 0.05) is 81.6 Å². The average molecular weight is 448 g/mol. The van der Waals surface area contributed by atoms with Crippen LogP contribution in [0.4, 0.5) is 0 Å². The van der Waals surface area contributed by atoms with Gasteiger partial charge < -0.3 is 14.2 Å². The summed E-state index contributed by atoms with van der Waals surface area (Å²) in [6.45, 7) is 5.22. The molecule has 0 radical (unpaired) electrons. The molecule has 6 rings (SSSR count). The molecular formula is C26H33N5O2. The van der Waals surface area contributed by atoms with Crippen LogP contribution in [0.5, 0.6) is 0 Å². The molecular weight excluding hydrogens is 414 g/mol. The van der Waals surface area contributed by atoms with E-state index in [-0.39, 0.29) is 11.5 Å². The van der Waals surface area contributed by atoms with Crippen LogP contribution in [-0.4, -0.2) is 61.8 Å². The predicted octanol–water partition coefficient (Wildman–Crippen LogP) is 3.26. The van der Waals surface area contributed by atoms with Gasteiger partial charge in [0.2, 0.25) is 0 Å². The lowest BCUT2D eigenvalue weighted by atomic mass is 9.83. The molecule has 0 bridgehead atoms. The number of benzene rings is 1. The van der Waals surface area contributed by atoms with Crippen molar-refractivity contribution in [2.24, 2.45) is 14.1 Å². The molecule has 2 saturated heterocycles. The van der Waals surface area contributed by atoms with Crippen LogP contribution in [0.1, 0.15) is 53.0 Å². The molecule has 2 fully saturated rings. The van der Waals surface area contributed by atoms with Crippen molar-refractivity contribution in [1.82, 2.24) is 24.1 Å². The first-order chi connectivity index (χ1) is 16.0. The maximum absolute atomic E-state index is 13.0. The number of piperidine rings is 1. The fourth-order valence-corrected chi connectivity index (χ4v) is 6.03. The summed E-state index contributed by atoms with van der Waals surface area (Å²) in [4.78, 5) is 17.5. The van der Waals surface area contributed by atoms with E-state index in [4.69, 9.17) is 4.74 Å². The normalized spacial score (nSPS) is 20.6. The molecule has 0 atom stereocenters. The van der Waals surface area contributed by atoms with Crippen molar-refractivity contribution in [3.8, 4) is 0 Å². The highest BCUT2D eigenvalue weighted by Crippen LogP contribution is 2.38. The third-order valence-electron chi connectivity index (χ3n) is 8.02. The van der Waals surface area contributed by atoms with Crippen LogP contribution in [0.25, 0.3) is 10.9 Å². The quantitative estimate of drug-likeness (QED) is 0.619. The minimum absolute atomic E-state index is 0.0776. The summed E-state index contributed by atoms with van der Waals surface area (Å²) in [5, 5.41) is 6.00. The van der Waals surface area contributed by atoms with Crippen LogP contribution in [0.15, 0.2) is 30.5 Å². The fraction of sp³-hybridized carbons (Fsp3) is 0.538. The monoisotopic (exact) mass is 447 g/mol. The van der Waals surface area contributed by atoms with Gasteiger partial charge in [0.05, 0.1) is 12.2 Å². The van der Waals surface area contributed by atoms with Gasteiger partial charge >= 0.3 is 0 Å². The Balaban J connectivity index is 1.15. The second-order valence-electron chi connectivity index (χ2n) is 10.1. The van der Waals surface area contributed by atoms with Crippen LogP contribution in [0, 0.1) is 0 Å². The van der Waals surface area contributed by atoms with E-state index in [1.165, 1.54) is 22.2 Å². The van der Waals surface area contributed by atoms with Crippen molar-refractivity contribution in [1.29, 1.82) is 0 Å². The molecule has 174 valence electrons. The van der Waals surface area contributed by atoms with Gasteiger partial charge in [-0.15, -0.1) is 0 Å². The van der Waals surface area contributed by atoms with E-state index >= 15 is 0 Å². The van der Waals surface area contributed by atoms with E-state index in [1.54, 1.807) is 0 Å². The summed E-state index contributed by atoms with van der Waals surface area (Å²) >= 11 is 0. The third-order valence-corrected chi connectivity index (χ3v) is 8.02. The minimum atomic E-state index is -0.135. The number of amides is 1. The number of para-hydroxylation sites is 1. The summed E-state index contributed by atoms with van der Waals surface area (Å²) < 4.78 is 10.7. The molecule has 0 saturated carbocycles. The van der Waals surface area contributed by atoms with Gasteiger partial charge in [-0.05, 0) is 37.3 Å². The van der Waals surface area contributed by atoms with E-state index in [9.17, 15) is 4.79 Å². The fourth-order valence-electron chi connectivity index (χ4n) is 6.03. The molecule has 5 heterocycles. The average Bonchev–Trinajstić information content (AvgIpc) is 3.55. The van der Waals surface area contributed by atoms with E-state index in [1.807, 2.05) is 16.6 Å². The molecule has 1 amide bonds. The van der Waals surface area contributed by atoms with Gasteiger partial charge in [-0.1, -0.05) is 18.2 Å². The van der Waals surface area contributed by atoms with Gasteiger partial charge in [-0.2, -0.15) is 5.10 Å². The van der Waals surface area contributed by atoms with Gasteiger partial charge in [-0.3, -0.25) is 14.4 Å². The molecule has 2 aromatic heterocycles. The maximum atomic E-state index is 13.0. The Morgan fingerprint density at radius 1 is 1.09 bits per heavy atom. The SMILES string of the molecule is Cn1nc(C(=O)N2CCCC2)c2c1CC1(CCN(Cc3cn(C)c4ccccc34)CC1)OC2. The van der Waals surface area contributed by atoms with Crippen molar-refractivity contribution in [2.45, 2.75) is 50.9 Å². The van der Waals surface area contributed by atoms with Crippen LogP contribution in [0.3, 0.4) is 0 Å². The molecule has 3 aliphatic heterocycles. The minimum Gasteiger partial charge on any atom is -0.370 e. The summed E-state index contributed by atoms with van der Waals surface area (Å²) in [7, 11) is 4.11. The zero-order valence-electron chi connectivity index (χ0n) is 19.7. The van der Waals surface area contributed by atoms with Crippen LogP contribution >= 0.6 is 0 Å². The zero-order chi connectivity index (χ0) is 22.6. The van der Waals surface area contributed by atoms with Crippen molar-refractivity contribution in [3.05, 3.63) is 53.0 Å². The molecule has 33 heavy (non-hydrogen) atoms. The Morgan fingerprint density at radius 3 is 2.64 bits per heavy atom. The molecule has 1 spiro atoms. The maximum Gasteiger partial charge on any atom is 0.274 e. The number of nitrogens with zero attached hydrogens (tertiary/aromatic N) is 5. The van der Waals surface area contributed by atoms with Gasteiger partial charge in [0.15, 0.2) is 5.69 Å². The topological polar surface area (TPSA) is 55.5 Å². The lowest BCUT2D eigenvalue weighted by molar-refractivity contribution is -0.104. The van der Waals surface area contributed by atoms with Crippen LogP contribution in [0.2, 0.25) is 0 Å². The Labute approximate surface area is 194 Å². The van der Waals surface area contributed by atoms with E-state index in [0.29, 0.717) is 12.3 Å². The summed E-state index contributed by atoms with van der Waals surface area (Å²) in [5.41, 5.74) is 5.36. The largest absolute Gasteiger partial charge is 0.370 e. The first-order valence-electron chi connectivity index (χ1n) is 12.3. The number of hydrogen-bond donors (Lipinski definition) is 0. The molecule has 3 aliphatic rings. The smallest absolute Gasteiger partial charge is 0.274 e. The number of carbonyl (C=O) groups is 1. The van der Waals surface area contributed by atoms with Crippen molar-refractivity contribution in [3.63, 3.8) is 0 Å². The summed E-state index contributed by atoms with van der Waals surface area (Å²) in [6, 6.07) is 8.65. The van der Waals surface area contributed by atoms with Crippen molar-refractivity contribution < 1.29 is 9.53 Å². The Kier molecular flexibility index (Phi) is 5.07. The highest BCUT2D eigenvalue weighted by molar-refractivity contribution is 5.94. The van der Waals surface area contributed by atoms with Crippen LogP contribution in [-0.2, 0) is 38.4 Å².